The molecule has 0 radical (unpaired) electrons. The van der Waals surface area contributed by atoms with Crippen molar-refractivity contribution in [3.8, 4) is 5.75 Å². The van der Waals surface area contributed by atoms with Crippen LogP contribution in [0.25, 0.3) is 0 Å². The summed E-state index contributed by atoms with van der Waals surface area (Å²) in [7, 11) is 0. The Balaban J connectivity index is 1.76. The second-order valence-corrected chi connectivity index (χ2v) is 4.27. The molecule has 1 fully saturated rings. The Morgan fingerprint density at radius 3 is 2.88 bits per heavy atom. The second kappa shape index (κ2) is 5.87. The molecule has 1 aliphatic heterocycles. The molecule has 0 saturated carbocycles. The zero-order valence-electron chi connectivity index (χ0n) is 9.47. The highest BCUT2D eigenvalue weighted by Crippen LogP contribution is 2.17. The summed E-state index contributed by atoms with van der Waals surface area (Å²) in [6, 6.07) is 9.87. The standard InChI is InChI=1S/C13H19NO2/c14-13(11-5-4-8-15-9-11)10-16-12-6-2-1-3-7-12/h1-3,6-7,11,13H,4-5,8-10,14H2. The number of benzene rings is 1. The monoisotopic (exact) mass is 221 g/mol. The van der Waals surface area contributed by atoms with Gasteiger partial charge >= 0.3 is 0 Å². The quantitative estimate of drug-likeness (QED) is 0.843. The molecule has 3 nitrogen and oxygen atoms in total. The first-order chi connectivity index (χ1) is 7.86. The average Bonchev–Trinajstić information content (AvgIpc) is 2.38. The minimum Gasteiger partial charge on any atom is -0.492 e. The van der Waals surface area contributed by atoms with Crippen molar-refractivity contribution in [1.82, 2.24) is 0 Å². The lowest BCUT2D eigenvalue weighted by atomic mass is 9.95. The molecule has 0 aromatic heterocycles. The zero-order chi connectivity index (χ0) is 11.2. The number of hydrogen-bond acceptors (Lipinski definition) is 3. The van der Waals surface area contributed by atoms with Crippen molar-refractivity contribution in [3.63, 3.8) is 0 Å². The smallest absolute Gasteiger partial charge is 0.119 e. The molecule has 2 N–H and O–H groups in total. The van der Waals surface area contributed by atoms with Crippen LogP contribution in [-0.2, 0) is 4.74 Å². The van der Waals surface area contributed by atoms with Gasteiger partial charge in [-0.25, -0.2) is 0 Å². The summed E-state index contributed by atoms with van der Waals surface area (Å²) >= 11 is 0. The highest BCUT2D eigenvalue weighted by molar-refractivity contribution is 5.20. The van der Waals surface area contributed by atoms with Crippen LogP contribution < -0.4 is 10.5 Å². The average molecular weight is 221 g/mol. The Bertz CT molecular complexity index is 296. The molecule has 88 valence electrons. The van der Waals surface area contributed by atoms with E-state index in [0.717, 1.165) is 31.8 Å². The molecule has 1 heterocycles. The summed E-state index contributed by atoms with van der Waals surface area (Å²) in [5, 5.41) is 0. The molecule has 0 amide bonds. The van der Waals surface area contributed by atoms with Gasteiger partial charge in [0.1, 0.15) is 12.4 Å². The number of nitrogens with two attached hydrogens (primary N) is 1. The van der Waals surface area contributed by atoms with Crippen LogP contribution in [0.15, 0.2) is 30.3 Å². The minimum absolute atomic E-state index is 0.0699. The highest BCUT2D eigenvalue weighted by Gasteiger charge is 2.21. The lowest BCUT2D eigenvalue weighted by molar-refractivity contribution is 0.0377. The molecule has 0 spiro atoms. The van der Waals surface area contributed by atoms with Crippen LogP contribution in [-0.4, -0.2) is 25.9 Å². The van der Waals surface area contributed by atoms with Crippen LogP contribution in [0, 0.1) is 5.92 Å². The van der Waals surface area contributed by atoms with Crippen molar-refractivity contribution in [2.24, 2.45) is 11.7 Å². The predicted octanol–water partition coefficient (Wildman–Crippen LogP) is 1.82. The van der Waals surface area contributed by atoms with E-state index in [9.17, 15) is 0 Å². The van der Waals surface area contributed by atoms with Crippen molar-refractivity contribution in [1.29, 1.82) is 0 Å². The van der Waals surface area contributed by atoms with Gasteiger partial charge in [-0.2, -0.15) is 0 Å². The molecule has 2 atom stereocenters. The number of hydrogen-bond donors (Lipinski definition) is 1. The van der Waals surface area contributed by atoms with Gasteiger partial charge < -0.3 is 15.2 Å². The van der Waals surface area contributed by atoms with E-state index in [2.05, 4.69) is 0 Å². The third-order valence-corrected chi connectivity index (χ3v) is 2.99. The summed E-state index contributed by atoms with van der Waals surface area (Å²) in [5.41, 5.74) is 6.09. The van der Waals surface area contributed by atoms with E-state index in [4.69, 9.17) is 15.2 Å². The van der Waals surface area contributed by atoms with Crippen LogP contribution in [0.4, 0.5) is 0 Å². The van der Waals surface area contributed by atoms with E-state index >= 15 is 0 Å². The minimum atomic E-state index is 0.0699. The third kappa shape index (κ3) is 3.22. The van der Waals surface area contributed by atoms with Crippen molar-refractivity contribution < 1.29 is 9.47 Å². The molecule has 1 aromatic rings. The van der Waals surface area contributed by atoms with Crippen LogP contribution in [0.1, 0.15) is 12.8 Å². The molecule has 3 heteroatoms. The lowest BCUT2D eigenvalue weighted by Gasteiger charge is -2.27. The predicted molar refractivity (Wildman–Crippen MR) is 63.5 cm³/mol. The number of rotatable bonds is 4. The maximum atomic E-state index is 6.09. The van der Waals surface area contributed by atoms with Crippen LogP contribution >= 0.6 is 0 Å². The zero-order valence-corrected chi connectivity index (χ0v) is 9.47. The van der Waals surface area contributed by atoms with Gasteiger partial charge in [0.2, 0.25) is 0 Å². The summed E-state index contributed by atoms with van der Waals surface area (Å²) in [6.45, 7) is 2.22. The van der Waals surface area contributed by atoms with Gasteiger partial charge in [0.15, 0.2) is 0 Å². The second-order valence-electron chi connectivity index (χ2n) is 4.27. The van der Waals surface area contributed by atoms with Gasteiger partial charge in [-0.05, 0) is 25.0 Å². The molecule has 2 unspecified atom stereocenters. The molecule has 1 saturated heterocycles. The van der Waals surface area contributed by atoms with E-state index in [0.29, 0.717) is 12.5 Å². The SMILES string of the molecule is NC(COc1ccccc1)C1CCCOC1. The van der Waals surface area contributed by atoms with Crippen LogP contribution in [0.2, 0.25) is 0 Å². The summed E-state index contributed by atoms with van der Waals surface area (Å²) < 4.78 is 11.1. The number of para-hydroxylation sites is 1. The van der Waals surface area contributed by atoms with E-state index in [-0.39, 0.29) is 6.04 Å². The molecule has 0 aliphatic carbocycles. The Labute approximate surface area is 96.5 Å². The molecule has 1 aromatic carbocycles. The first-order valence-electron chi connectivity index (χ1n) is 5.87. The largest absolute Gasteiger partial charge is 0.492 e. The molecule has 0 bridgehead atoms. The van der Waals surface area contributed by atoms with E-state index in [1.165, 1.54) is 0 Å². The lowest BCUT2D eigenvalue weighted by Crippen LogP contribution is -2.40. The fraction of sp³-hybridized carbons (Fsp3) is 0.538. The first kappa shape index (κ1) is 11.4. The van der Waals surface area contributed by atoms with Gasteiger partial charge in [0, 0.05) is 18.6 Å². The molecule has 2 rings (SSSR count). The summed E-state index contributed by atoms with van der Waals surface area (Å²) in [4.78, 5) is 0. The Morgan fingerprint density at radius 2 is 2.19 bits per heavy atom. The van der Waals surface area contributed by atoms with Crippen LogP contribution in [0.5, 0.6) is 5.75 Å². The van der Waals surface area contributed by atoms with E-state index in [1.807, 2.05) is 30.3 Å². The Kier molecular flexibility index (Phi) is 4.19. The normalized spacial score (nSPS) is 22.7. The van der Waals surface area contributed by atoms with Crippen molar-refractivity contribution in [2.75, 3.05) is 19.8 Å². The molecule has 1 aliphatic rings. The maximum absolute atomic E-state index is 6.09. The first-order valence-corrected chi connectivity index (χ1v) is 5.87. The Hall–Kier alpha value is -1.06. The van der Waals surface area contributed by atoms with Gasteiger partial charge in [-0.15, -0.1) is 0 Å². The van der Waals surface area contributed by atoms with Gasteiger partial charge in [0.25, 0.3) is 0 Å². The summed E-state index contributed by atoms with van der Waals surface area (Å²) in [6.07, 6.45) is 2.27. The van der Waals surface area contributed by atoms with Gasteiger partial charge in [-0.3, -0.25) is 0 Å². The van der Waals surface area contributed by atoms with Crippen molar-refractivity contribution in [2.45, 2.75) is 18.9 Å². The van der Waals surface area contributed by atoms with Crippen LogP contribution in [0.3, 0.4) is 0 Å². The molecule has 16 heavy (non-hydrogen) atoms. The number of ether oxygens (including phenoxy) is 2. The van der Waals surface area contributed by atoms with E-state index < -0.39 is 0 Å². The third-order valence-electron chi connectivity index (χ3n) is 2.99. The summed E-state index contributed by atoms with van der Waals surface area (Å²) in [5.74, 6) is 1.33. The fourth-order valence-corrected chi connectivity index (χ4v) is 1.95. The van der Waals surface area contributed by atoms with Gasteiger partial charge in [0.05, 0.1) is 6.61 Å². The topological polar surface area (TPSA) is 44.5 Å². The highest BCUT2D eigenvalue weighted by atomic mass is 16.5. The van der Waals surface area contributed by atoms with Crippen molar-refractivity contribution >= 4 is 0 Å². The molecular weight excluding hydrogens is 202 g/mol. The van der Waals surface area contributed by atoms with Gasteiger partial charge in [-0.1, -0.05) is 18.2 Å². The Morgan fingerprint density at radius 1 is 1.38 bits per heavy atom. The van der Waals surface area contributed by atoms with E-state index in [1.54, 1.807) is 0 Å². The fourth-order valence-electron chi connectivity index (χ4n) is 1.95. The van der Waals surface area contributed by atoms with Crippen molar-refractivity contribution in [3.05, 3.63) is 30.3 Å². The molecular formula is C13H19NO2. The maximum Gasteiger partial charge on any atom is 0.119 e.